The molecule has 6 heteroatoms. The first-order valence-electron chi connectivity index (χ1n) is 6.80. The Labute approximate surface area is 128 Å². The van der Waals surface area contributed by atoms with Gasteiger partial charge in [-0.2, -0.15) is 0 Å². The maximum atomic E-state index is 11.8. The third-order valence-electron chi connectivity index (χ3n) is 3.20. The lowest BCUT2D eigenvalue weighted by Crippen LogP contribution is -2.30. The molecule has 1 unspecified atom stereocenters. The van der Waals surface area contributed by atoms with Crippen LogP contribution in [0.5, 0.6) is 11.5 Å². The second kappa shape index (κ2) is 7.36. The molecule has 21 heavy (non-hydrogen) atoms. The molecule has 0 radical (unpaired) electrons. The van der Waals surface area contributed by atoms with E-state index in [0.717, 1.165) is 11.5 Å². The van der Waals surface area contributed by atoms with Crippen molar-refractivity contribution in [2.75, 3.05) is 26.8 Å². The molecule has 1 aromatic rings. The number of carbonyl (C=O) groups is 2. The third kappa shape index (κ3) is 4.67. The van der Waals surface area contributed by atoms with E-state index >= 15 is 0 Å². The molecule has 0 aliphatic carbocycles. The standard InChI is InChI=1S/C15H19NO4S/c1-11(17)21-14-9-15(18)16(10-14)7-8-20-13-5-3-12(19-2)4-6-13/h3-6,14H,7-10H2,1-2H3. The highest BCUT2D eigenvalue weighted by molar-refractivity contribution is 8.14. The molecule has 1 aliphatic rings. The van der Waals surface area contributed by atoms with E-state index in [2.05, 4.69) is 0 Å². The summed E-state index contributed by atoms with van der Waals surface area (Å²) in [5.41, 5.74) is 0. The summed E-state index contributed by atoms with van der Waals surface area (Å²) in [5, 5.41) is 0.139. The van der Waals surface area contributed by atoms with Crippen LogP contribution in [0.25, 0.3) is 0 Å². The fourth-order valence-electron chi connectivity index (χ4n) is 2.21. The first-order chi connectivity index (χ1) is 10.1. The van der Waals surface area contributed by atoms with Gasteiger partial charge in [0.05, 0.1) is 13.7 Å². The van der Waals surface area contributed by atoms with E-state index in [-0.39, 0.29) is 16.3 Å². The lowest BCUT2D eigenvalue weighted by atomic mass is 10.3. The molecule has 1 heterocycles. The van der Waals surface area contributed by atoms with Crippen molar-refractivity contribution in [1.82, 2.24) is 4.90 Å². The highest BCUT2D eigenvalue weighted by Gasteiger charge is 2.30. The van der Waals surface area contributed by atoms with Gasteiger partial charge in [-0.15, -0.1) is 0 Å². The number of hydrogen-bond donors (Lipinski definition) is 0. The summed E-state index contributed by atoms with van der Waals surface area (Å²) in [4.78, 5) is 24.6. The molecule has 5 nitrogen and oxygen atoms in total. The largest absolute Gasteiger partial charge is 0.497 e. The van der Waals surface area contributed by atoms with E-state index in [1.807, 2.05) is 24.3 Å². The van der Waals surface area contributed by atoms with Crippen LogP contribution in [0.15, 0.2) is 24.3 Å². The Morgan fingerprint density at radius 3 is 2.62 bits per heavy atom. The fourth-order valence-corrected chi connectivity index (χ4v) is 3.16. The Morgan fingerprint density at radius 2 is 2.00 bits per heavy atom. The minimum absolute atomic E-state index is 0.0594. The molecule has 0 N–H and O–H groups in total. The van der Waals surface area contributed by atoms with E-state index in [1.165, 1.54) is 18.7 Å². The number of nitrogens with zero attached hydrogens (tertiary/aromatic N) is 1. The Bertz CT molecular complexity index is 503. The highest BCUT2D eigenvalue weighted by Crippen LogP contribution is 2.24. The first kappa shape index (κ1) is 15.7. The summed E-state index contributed by atoms with van der Waals surface area (Å²) >= 11 is 1.25. The number of amides is 1. The van der Waals surface area contributed by atoms with Crippen molar-refractivity contribution in [3.05, 3.63) is 24.3 Å². The summed E-state index contributed by atoms with van der Waals surface area (Å²) in [6.07, 6.45) is 0.437. The van der Waals surface area contributed by atoms with Gasteiger partial charge >= 0.3 is 0 Å². The van der Waals surface area contributed by atoms with Gasteiger partial charge in [-0.1, -0.05) is 11.8 Å². The lowest BCUT2D eigenvalue weighted by molar-refractivity contribution is -0.128. The summed E-state index contributed by atoms with van der Waals surface area (Å²) in [6.45, 7) is 3.13. The van der Waals surface area contributed by atoms with Crippen LogP contribution in [-0.4, -0.2) is 48.0 Å². The SMILES string of the molecule is COc1ccc(OCCN2CC(SC(C)=O)CC2=O)cc1. The van der Waals surface area contributed by atoms with E-state index in [0.29, 0.717) is 26.1 Å². The van der Waals surface area contributed by atoms with Crippen LogP contribution in [0.4, 0.5) is 0 Å². The zero-order valence-corrected chi connectivity index (χ0v) is 13.0. The predicted octanol–water partition coefficient (Wildman–Crippen LogP) is 1.95. The molecule has 0 saturated carbocycles. The highest BCUT2D eigenvalue weighted by atomic mass is 32.2. The Kier molecular flexibility index (Phi) is 5.50. The van der Waals surface area contributed by atoms with Crippen molar-refractivity contribution >= 4 is 22.8 Å². The number of hydrogen-bond acceptors (Lipinski definition) is 5. The molecule has 0 bridgehead atoms. The Hall–Kier alpha value is -1.69. The Morgan fingerprint density at radius 1 is 1.33 bits per heavy atom. The number of rotatable bonds is 6. The summed E-state index contributed by atoms with van der Waals surface area (Å²) in [6, 6.07) is 7.32. The fraction of sp³-hybridized carbons (Fsp3) is 0.467. The van der Waals surface area contributed by atoms with Crippen LogP contribution >= 0.6 is 11.8 Å². The van der Waals surface area contributed by atoms with Gasteiger partial charge in [-0.05, 0) is 24.3 Å². The predicted molar refractivity (Wildman–Crippen MR) is 81.7 cm³/mol. The third-order valence-corrected chi connectivity index (χ3v) is 4.18. The molecule has 1 amide bonds. The molecular formula is C15H19NO4S. The van der Waals surface area contributed by atoms with Crippen molar-refractivity contribution in [1.29, 1.82) is 0 Å². The lowest BCUT2D eigenvalue weighted by Gasteiger charge is -2.16. The topological polar surface area (TPSA) is 55.8 Å². The maximum absolute atomic E-state index is 11.8. The van der Waals surface area contributed by atoms with Gasteiger partial charge in [0, 0.05) is 25.1 Å². The average molecular weight is 309 g/mol. The maximum Gasteiger partial charge on any atom is 0.223 e. The molecule has 1 saturated heterocycles. The summed E-state index contributed by atoms with van der Waals surface area (Å²) in [7, 11) is 1.62. The first-order valence-corrected chi connectivity index (χ1v) is 7.68. The van der Waals surface area contributed by atoms with Crippen LogP contribution in [0.2, 0.25) is 0 Å². The molecule has 1 aromatic carbocycles. The quantitative estimate of drug-likeness (QED) is 0.804. The van der Waals surface area contributed by atoms with Gasteiger partial charge in [-0.3, -0.25) is 9.59 Å². The van der Waals surface area contributed by atoms with Crippen LogP contribution < -0.4 is 9.47 Å². The molecule has 1 aliphatic heterocycles. The number of carbonyl (C=O) groups excluding carboxylic acids is 2. The zero-order chi connectivity index (χ0) is 15.2. The number of benzene rings is 1. The van der Waals surface area contributed by atoms with Crippen molar-refractivity contribution < 1.29 is 19.1 Å². The van der Waals surface area contributed by atoms with Crippen molar-refractivity contribution in [2.45, 2.75) is 18.6 Å². The van der Waals surface area contributed by atoms with Crippen molar-refractivity contribution in [2.24, 2.45) is 0 Å². The zero-order valence-electron chi connectivity index (χ0n) is 12.2. The minimum atomic E-state index is 0.0594. The molecule has 114 valence electrons. The normalized spacial score (nSPS) is 17.9. The van der Waals surface area contributed by atoms with Gasteiger partial charge in [0.15, 0.2) is 5.12 Å². The molecule has 0 aromatic heterocycles. The van der Waals surface area contributed by atoms with E-state index < -0.39 is 0 Å². The van der Waals surface area contributed by atoms with Gasteiger partial charge in [0.25, 0.3) is 0 Å². The number of likely N-dealkylation sites (tertiary alicyclic amines) is 1. The van der Waals surface area contributed by atoms with Crippen LogP contribution in [0, 0.1) is 0 Å². The van der Waals surface area contributed by atoms with E-state index in [1.54, 1.807) is 12.0 Å². The van der Waals surface area contributed by atoms with Crippen molar-refractivity contribution in [3.8, 4) is 11.5 Å². The van der Waals surface area contributed by atoms with E-state index in [4.69, 9.17) is 9.47 Å². The van der Waals surface area contributed by atoms with Crippen LogP contribution in [0.1, 0.15) is 13.3 Å². The number of ether oxygens (including phenoxy) is 2. The molecule has 0 spiro atoms. The smallest absolute Gasteiger partial charge is 0.223 e. The van der Waals surface area contributed by atoms with Crippen LogP contribution in [0.3, 0.4) is 0 Å². The van der Waals surface area contributed by atoms with Crippen molar-refractivity contribution in [3.63, 3.8) is 0 Å². The second-order valence-corrected chi connectivity index (χ2v) is 6.28. The van der Waals surface area contributed by atoms with Crippen LogP contribution in [-0.2, 0) is 9.59 Å². The summed E-state index contributed by atoms with van der Waals surface area (Å²) < 4.78 is 10.7. The second-order valence-electron chi connectivity index (χ2n) is 4.80. The van der Waals surface area contributed by atoms with Gasteiger partial charge in [-0.25, -0.2) is 0 Å². The molecule has 2 rings (SSSR count). The van der Waals surface area contributed by atoms with Gasteiger partial charge in [0.2, 0.25) is 5.91 Å². The number of methoxy groups -OCH3 is 1. The van der Waals surface area contributed by atoms with Gasteiger partial charge in [0.1, 0.15) is 18.1 Å². The average Bonchev–Trinajstić information content (AvgIpc) is 2.79. The molecular weight excluding hydrogens is 290 g/mol. The Balaban J connectivity index is 1.75. The molecule has 1 atom stereocenters. The minimum Gasteiger partial charge on any atom is -0.497 e. The number of thioether (sulfide) groups is 1. The van der Waals surface area contributed by atoms with E-state index in [9.17, 15) is 9.59 Å². The summed E-state index contributed by atoms with van der Waals surface area (Å²) in [5.74, 6) is 1.62. The monoisotopic (exact) mass is 309 g/mol. The molecule has 1 fully saturated rings. The van der Waals surface area contributed by atoms with Gasteiger partial charge < -0.3 is 14.4 Å².